The van der Waals surface area contributed by atoms with Crippen molar-refractivity contribution in [3.05, 3.63) is 29.6 Å². The van der Waals surface area contributed by atoms with E-state index in [-0.39, 0.29) is 12.1 Å². The van der Waals surface area contributed by atoms with E-state index in [2.05, 4.69) is 51.0 Å². The molecular weight excluding hydrogens is 236 g/mol. The van der Waals surface area contributed by atoms with Crippen LogP contribution in [0, 0.1) is 12.8 Å². The van der Waals surface area contributed by atoms with Crippen LogP contribution >= 0.6 is 0 Å². The SMILES string of the molecule is CCCNC(c1cncc(C)c1)C(OCC)C(C)C. The maximum Gasteiger partial charge on any atom is 0.0792 e. The van der Waals surface area contributed by atoms with Gasteiger partial charge in [0.1, 0.15) is 0 Å². The maximum absolute atomic E-state index is 5.97. The molecule has 1 N–H and O–H groups in total. The number of pyridine rings is 1. The third kappa shape index (κ3) is 4.92. The van der Waals surface area contributed by atoms with Crippen molar-refractivity contribution in [3.8, 4) is 0 Å². The molecule has 3 heteroatoms. The Morgan fingerprint density at radius 2 is 2.00 bits per heavy atom. The zero-order valence-corrected chi connectivity index (χ0v) is 12.9. The van der Waals surface area contributed by atoms with Crippen LogP contribution in [0.5, 0.6) is 0 Å². The molecule has 2 unspecified atom stereocenters. The Balaban J connectivity index is 2.97. The summed E-state index contributed by atoms with van der Waals surface area (Å²) in [6, 6.07) is 2.42. The zero-order valence-electron chi connectivity index (χ0n) is 12.9. The van der Waals surface area contributed by atoms with E-state index in [4.69, 9.17) is 4.74 Å². The maximum atomic E-state index is 5.97. The molecule has 2 atom stereocenters. The van der Waals surface area contributed by atoms with Crippen LogP contribution in [0.3, 0.4) is 0 Å². The Hall–Kier alpha value is -0.930. The van der Waals surface area contributed by atoms with Crippen LogP contribution in [-0.2, 0) is 4.74 Å². The highest BCUT2D eigenvalue weighted by Gasteiger charge is 2.26. The average Bonchev–Trinajstić information content (AvgIpc) is 2.37. The number of ether oxygens (including phenoxy) is 1. The van der Waals surface area contributed by atoms with Crippen molar-refractivity contribution in [1.29, 1.82) is 0 Å². The number of aromatic nitrogens is 1. The lowest BCUT2D eigenvalue weighted by Gasteiger charge is -2.31. The molecule has 0 saturated heterocycles. The van der Waals surface area contributed by atoms with Crippen LogP contribution in [0.1, 0.15) is 51.3 Å². The van der Waals surface area contributed by atoms with E-state index >= 15 is 0 Å². The number of hydrogen-bond donors (Lipinski definition) is 1. The number of aryl methyl sites for hydroxylation is 1. The van der Waals surface area contributed by atoms with Gasteiger partial charge in [-0.2, -0.15) is 0 Å². The summed E-state index contributed by atoms with van der Waals surface area (Å²) in [5.41, 5.74) is 2.42. The van der Waals surface area contributed by atoms with E-state index in [1.165, 1.54) is 11.1 Å². The second kappa shape index (κ2) is 8.28. The fourth-order valence-corrected chi connectivity index (χ4v) is 2.34. The summed E-state index contributed by atoms with van der Waals surface area (Å²) in [7, 11) is 0. The molecule has 0 amide bonds. The molecule has 0 bridgehead atoms. The first-order valence-electron chi connectivity index (χ1n) is 7.36. The van der Waals surface area contributed by atoms with Gasteiger partial charge in [0.25, 0.3) is 0 Å². The van der Waals surface area contributed by atoms with Crippen molar-refractivity contribution in [2.45, 2.75) is 53.2 Å². The van der Waals surface area contributed by atoms with Crippen molar-refractivity contribution in [1.82, 2.24) is 10.3 Å². The second-order valence-electron chi connectivity index (χ2n) is 5.39. The fraction of sp³-hybridized carbons (Fsp3) is 0.688. The van der Waals surface area contributed by atoms with Gasteiger partial charge >= 0.3 is 0 Å². The molecule has 0 saturated carbocycles. The lowest BCUT2D eigenvalue weighted by atomic mass is 9.93. The predicted octanol–water partition coefficient (Wildman–Crippen LogP) is 3.49. The Labute approximate surface area is 117 Å². The highest BCUT2D eigenvalue weighted by Crippen LogP contribution is 2.25. The summed E-state index contributed by atoms with van der Waals surface area (Å²) in [6.07, 6.45) is 5.15. The van der Waals surface area contributed by atoms with Gasteiger partial charge < -0.3 is 10.1 Å². The quantitative estimate of drug-likeness (QED) is 0.780. The summed E-state index contributed by atoms with van der Waals surface area (Å²) < 4.78 is 5.97. The van der Waals surface area contributed by atoms with E-state index in [0.717, 1.165) is 19.6 Å². The molecule has 0 aliphatic heterocycles. The van der Waals surface area contributed by atoms with Gasteiger partial charge in [0.05, 0.1) is 12.1 Å². The minimum atomic E-state index is 0.181. The molecule has 1 aromatic rings. The van der Waals surface area contributed by atoms with Crippen molar-refractivity contribution >= 4 is 0 Å². The molecule has 1 heterocycles. The Morgan fingerprint density at radius 3 is 2.53 bits per heavy atom. The Bertz CT molecular complexity index is 366. The molecule has 1 rings (SSSR count). The largest absolute Gasteiger partial charge is 0.376 e. The Morgan fingerprint density at radius 1 is 1.26 bits per heavy atom. The van der Waals surface area contributed by atoms with Gasteiger partial charge in [-0.05, 0) is 43.9 Å². The van der Waals surface area contributed by atoms with Gasteiger partial charge in [0.15, 0.2) is 0 Å². The van der Waals surface area contributed by atoms with Gasteiger partial charge in [-0.1, -0.05) is 26.8 Å². The highest BCUT2D eigenvalue weighted by molar-refractivity contribution is 5.21. The standard InChI is InChI=1S/C16H28N2O/c1-6-8-18-15(16(12(3)4)19-7-2)14-9-13(5)10-17-11-14/h9-12,15-16,18H,6-8H2,1-5H3. The van der Waals surface area contributed by atoms with Crippen molar-refractivity contribution in [2.75, 3.05) is 13.2 Å². The number of rotatable bonds is 8. The fourth-order valence-electron chi connectivity index (χ4n) is 2.34. The summed E-state index contributed by atoms with van der Waals surface area (Å²) in [4.78, 5) is 4.32. The van der Waals surface area contributed by atoms with Crippen molar-refractivity contribution in [3.63, 3.8) is 0 Å². The van der Waals surface area contributed by atoms with Gasteiger partial charge in [0, 0.05) is 19.0 Å². The highest BCUT2D eigenvalue weighted by atomic mass is 16.5. The lowest BCUT2D eigenvalue weighted by molar-refractivity contribution is 0.00275. The average molecular weight is 264 g/mol. The zero-order chi connectivity index (χ0) is 14.3. The minimum absolute atomic E-state index is 0.181. The van der Waals surface area contributed by atoms with Crippen LogP contribution in [0.4, 0.5) is 0 Å². The molecule has 1 aromatic heterocycles. The van der Waals surface area contributed by atoms with E-state index < -0.39 is 0 Å². The third-order valence-corrected chi connectivity index (χ3v) is 3.21. The summed E-state index contributed by atoms with van der Waals surface area (Å²) in [5.74, 6) is 0.467. The number of hydrogen-bond acceptors (Lipinski definition) is 3. The summed E-state index contributed by atoms with van der Waals surface area (Å²) in [5, 5.41) is 3.61. The topological polar surface area (TPSA) is 34.2 Å². The molecule has 3 nitrogen and oxygen atoms in total. The van der Waals surface area contributed by atoms with Crippen molar-refractivity contribution in [2.24, 2.45) is 5.92 Å². The van der Waals surface area contributed by atoms with E-state index in [1.54, 1.807) is 0 Å². The molecule has 0 aliphatic carbocycles. The molecule has 0 aliphatic rings. The van der Waals surface area contributed by atoms with Gasteiger partial charge in [0.2, 0.25) is 0 Å². The van der Waals surface area contributed by atoms with Crippen LogP contribution in [0.2, 0.25) is 0 Å². The van der Waals surface area contributed by atoms with E-state index in [9.17, 15) is 0 Å². The third-order valence-electron chi connectivity index (χ3n) is 3.21. The molecule has 0 radical (unpaired) electrons. The first-order chi connectivity index (χ1) is 9.10. The van der Waals surface area contributed by atoms with Crippen LogP contribution in [0.15, 0.2) is 18.5 Å². The summed E-state index contributed by atoms with van der Waals surface area (Å²) in [6.45, 7) is 12.5. The molecule has 0 spiro atoms. The van der Waals surface area contributed by atoms with E-state index in [1.807, 2.05) is 12.4 Å². The molecule has 0 fully saturated rings. The van der Waals surface area contributed by atoms with Gasteiger partial charge in [-0.15, -0.1) is 0 Å². The normalized spacial score (nSPS) is 14.6. The van der Waals surface area contributed by atoms with Gasteiger partial charge in [-0.3, -0.25) is 4.98 Å². The Kier molecular flexibility index (Phi) is 7.03. The summed E-state index contributed by atoms with van der Waals surface area (Å²) >= 11 is 0. The van der Waals surface area contributed by atoms with Crippen molar-refractivity contribution < 1.29 is 4.74 Å². The number of nitrogens with one attached hydrogen (secondary N) is 1. The van der Waals surface area contributed by atoms with Gasteiger partial charge in [-0.25, -0.2) is 0 Å². The van der Waals surface area contributed by atoms with Crippen LogP contribution < -0.4 is 5.32 Å². The lowest BCUT2D eigenvalue weighted by Crippen LogP contribution is -2.37. The van der Waals surface area contributed by atoms with E-state index in [0.29, 0.717) is 5.92 Å². The first kappa shape index (κ1) is 16.1. The number of nitrogens with zero attached hydrogens (tertiary/aromatic N) is 1. The van der Waals surface area contributed by atoms with Crippen LogP contribution in [0.25, 0.3) is 0 Å². The molecule has 108 valence electrons. The predicted molar refractivity (Wildman–Crippen MR) is 80.3 cm³/mol. The molecular formula is C16H28N2O. The molecule has 19 heavy (non-hydrogen) atoms. The smallest absolute Gasteiger partial charge is 0.0792 e. The van der Waals surface area contributed by atoms with Crippen LogP contribution in [-0.4, -0.2) is 24.2 Å². The molecule has 0 aromatic carbocycles. The second-order valence-corrected chi connectivity index (χ2v) is 5.39. The first-order valence-corrected chi connectivity index (χ1v) is 7.36. The minimum Gasteiger partial charge on any atom is -0.376 e. The monoisotopic (exact) mass is 264 g/mol.